The molecule has 0 bridgehead atoms. The van der Waals surface area contributed by atoms with Crippen molar-refractivity contribution in [3.63, 3.8) is 0 Å². The molecule has 3 aromatic rings. The van der Waals surface area contributed by atoms with Crippen LogP contribution in [0.25, 0.3) is 11.3 Å². The van der Waals surface area contributed by atoms with E-state index >= 15 is 0 Å². The lowest BCUT2D eigenvalue weighted by Gasteiger charge is -2.25. The first-order valence-corrected chi connectivity index (χ1v) is 8.77. The van der Waals surface area contributed by atoms with Gasteiger partial charge in [0, 0.05) is 10.6 Å². The molecule has 0 saturated heterocycles. The number of para-hydroxylation sites is 2. The average Bonchev–Trinajstić information content (AvgIpc) is 3.22. The first-order chi connectivity index (χ1) is 13.6. The zero-order valence-corrected chi connectivity index (χ0v) is 15.2. The summed E-state index contributed by atoms with van der Waals surface area (Å²) >= 11 is 5.89. The van der Waals surface area contributed by atoms with Crippen LogP contribution in [0, 0.1) is 0 Å². The molecular formula is C19H15ClN4O4. The van der Waals surface area contributed by atoms with Gasteiger partial charge in [0.1, 0.15) is 6.61 Å². The van der Waals surface area contributed by atoms with Crippen molar-refractivity contribution in [2.75, 3.05) is 6.61 Å². The predicted molar refractivity (Wildman–Crippen MR) is 101 cm³/mol. The van der Waals surface area contributed by atoms with Crippen molar-refractivity contribution in [1.29, 1.82) is 0 Å². The summed E-state index contributed by atoms with van der Waals surface area (Å²) in [5.74, 6) is -0.00903. The number of fused-ring (bicyclic) bond motifs is 1. The summed E-state index contributed by atoms with van der Waals surface area (Å²) in [5, 5.41) is 7.26. The minimum Gasteiger partial charge on any atom is -0.485 e. The number of aromatic nitrogens is 2. The van der Waals surface area contributed by atoms with Crippen molar-refractivity contribution < 1.29 is 19.1 Å². The number of amides is 2. The number of hydrogen-bond acceptors (Lipinski definition) is 5. The van der Waals surface area contributed by atoms with Crippen LogP contribution in [0.5, 0.6) is 11.5 Å². The second kappa shape index (κ2) is 7.61. The predicted octanol–water partition coefficient (Wildman–Crippen LogP) is 2.33. The number of carbonyl (C=O) groups is 2. The Morgan fingerprint density at radius 3 is 2.61 bits per heavy atom. The van der Waals surface area contributed by atoms with Crippen molar-refractivity contribution >= 4 is 23.4 Å². The highest BCUT2D eigenvalue weighted by Crippen LogP contribution is 2.30. The number of nitrogens with zero attached hydrogens (tertiary/aromatic N) is 1. The maximum Gasteiger partial charge on any atom is 0.283 e. The van der Waals surface area contributed by atoms with Gasteiger partial charge in [0.05, 0.1) is 17.5 Å². The molecule has 8 nitrogen and oxygen atoms in total. The van der Waals surface area contributed by atoms with Gasteiger partial charge in [-0.15, -0.1) is 0 Å². The number of hydrogen-bond donors (Lipinski definition) is 3. The highest BCUT2D eigenvalue weighted by Gasteiger charge is 2.28. The van der Waals surface area contributed by atoms with E-state index in [2.05, 4.69) is 21.0 Å². The molecule has 1 aliphatic heterocycles. The third-order valence-electron chi connectivity index (χ3n) is 4.12. The minimum absolute atomic E-state index is 0.0421. The van der Waals surface area contributed by atoms with Crippen molar-refractivity contribution in [2.24, 2.45) is 0 Å². The zero-order valence-electron chi connectivity index (χ0n) is 14.4. The van der Waals surface area contributed by atoms with E-state index in [9.17, 15) is 9.59 Å². The Labute approximate surface area is 164 Å². The van der Waals surface area contributed by atoms with Gasteiger partial charge in [-0.2, -0.15) is 5.10 Å². The van der Waals surface area contributed by atoms with Gasteiger partial charge in [-0.05, 0) is 24.3 Å². The molecule has 0 aliphatic carbocycles. The molecule has 3 N–H and O–H groups in total. The Morgan fingerprint density at radius 2 is 1.82 bits per heavy atom. The number of rotatable bonds is 3. The summed E-state index contributed by atoms with van der Waals surface area (Å²) < 4.78 is 11.1. The molecule has 4 rings (SSSR count). The van der Waals surface area contributed by atoms with Gasteiger partial charge < -0.3 is 9.47 Å². The molecule has 1 aliphatic rings. The second-order valence-corrected chi connectivity index (χ2v) is 6.41. The molecule has 28 heavy (non-hydrogen) atoms. The number of halogens is 1. The summed E-state index contributed by atoms with van der Waals surface area (Å²) in [6.07, 6.45) is 0.498. The number of nitrogens with one attached hydrogen (secondary N) is 3. The molecule has 2 heterocycles. The van der Waals surface area contributed by atoms with Crippen molar-refractivity contribution in [1.82, 2.24) is 21.0 Å². The van der Waals surface area contributed by atoms with E-state index in [1.165, 1.54) is 6.20 Å². The second-order valence-electron chi connectivity index (χ2n) is 5.97. The van der Waals surface area contributed by atoms with Crippen LogP contribution >= 0.6 is 11.6 Å². The summed E-state index contributed by atoms with van der Waals surface area (Å²) in [7, 11) is 0. The summed E-state index contributed by atoms with van der Waals surface area (Å²) in [6.45, 7) is 0.0421. The molecular weight excluding hydrogens is 384 g/mol. The van der Waals surface area contributed by atoms with E-state index in [1.807, 2.05) is 6.07 Å². The molecule has 142 valence electrons. The van der Waals surface area contributed by atoms with E-state index in [0.29, 0.717) is 22.2 Å². The Bertz CT molecular complexity index is 1020. The van der Waals surface area contributed by atoms with Gasteiger partial charge in [0.2, 0.25) is 6.10 Å². The molecule has 2 aromatic carbocycles. The van der Waals surface area contributed by atoms with Crippen LogP contribution in [0.1, 0.15) is 10.4 Å². The molecule has 2 amide bonds. The maximum absolute atomic E-state index is 12.5. The van der Waals surface area contributed by atoms with Crippen LogP contribution in [-0.2, 0) is 4.79 Å². The fourth-order valence-electron chi connectivity index (χ4n) is 2.71. The van der Waals surface area contributed by atoms with E-state index in [-0.39, 0.29) is 12.2 Å². The number of H-pyrrole nitrogens is 1. The highest BCUT2D eigenvalue weighted by molar-refractivity contribution is 6.30. The van der Waals surface area contributed by atoms with Crippen LogP contribution < -0.4 is 20.3 Å². The van der Waals surface area contributed by atoms with Gasteiger partial charge in [-0.1, -0.05) is 35.9 Å². The quantitative estimate of drug-likeness (QED) is 0.587. The van der Waals surface area contributed by atoms with Crippen molar-refractivity contribution in [2.45, 2.75) is 6.10 Å². The van der Waals surface area contributed by atoms with Crippen LogP contribution in [-0.4, -0.2) is 34.7 Å². The summed E-state index contributed by atoms with van der Waals surface area (Å²) in [6, 6.07) is 14.0. The third kappa shape index (κ3) is 3.63. The normalized spacial score (nSPS) is 15.0. The van der Waals surface area contributed by atoms with Crippen molar-refractivity contribution in [3.05, 3.63) is 65.3 Å². The van der Waals surface area contributed by atoms with Crippen LogP contribution in [0.3, 0.4) is 0 Å². The first-order valence-electron chi connectivity index (χ1n) is 8.40. The van der Waals surface area contributed by atoms with Gasteiger partial charge in [0.25, 0.3) is 11.8 Å². The number of carbonyl (C=O) groups excluding carboxylic acids is 2. The summed E-state index contributed by atoms with van der Waals surface area (Å²) in [5.41, 5.74) is 6.24. The van der Waals surface area contributed by atoms with Crippen LogP contribution in [0.15, 0.2) is 54.7 Å². The van der Waals surface area contributed by atoms with Crippen LogP contribution in [0.2, 0.25) is 5.02 Å². The Balaban J connectivity index is 1.40. The summed E-state index contributed by atoms with van der Waals surface area (Å²) in [4.78, 5) is 24.8. The van der Waals surface area contributed by atoms with E-state index in [4.69, 9.17) is 21.1 Å². The third-order valence-corrected chi connectivity index (χ3v) is 4.37. The molecule has 0 saturated carbocycles. The van der Waals surface area contributed by atoms with Gasteiger partial charge in [0.15, 0.2) is 11.5 Å². The first kappa shape index (κ1) is 17.9. The molecule has 9 heteroatoms. The van der Waals surface area contributed by atoms with Crippen LogP contribution in [0.4, 0.5) is 0 Å². The van der Waals surface area contributed by atoms with Crippen molar-refractivity contribution in [3.8, 4) is 22.8 Å². The topological polar surface area (TPSA) is 105 Å². The minimum atomic E-state index is -0.879. The number of hydrazine groups is 1. The number of benzene rings is 2. The largest absolute Gasteiger partial charge is 0.485 e. The maximum atomic E-state index is 12.5. The highest BCUT2D eigenvalue weighted by atomic mass is 35.5. The lowest BCUT2D eigenvalue weighted by molar-refractivity contribution is -0.131. The molecule has 0 fully saturated rings. The molecule has 0 radical (unpaired) electrons. The molecule has 1 unspecified atom stereocenters. The SMILES string of the molecule is O=C(NNC(=O)C1COc2ccccc2O1)c1cn[nH]c1-c1ccc(Cl)cc1. The molecule has 0 spiro atoms. The number of ether oxygens (including phenoxy) is 2. The fourth-order valence-corrected chi connectivity index (χ4v) is 2.84. The Hall–Kier alpha value is -3.52. The van der Waals surface area contributed by atoms with Gasteiger partial charge in [-0.25, -0.2) is 0 Å². The Kier molecular flexibility index (Phi) is 4.86. The fraction of sp³-hybridized carbons (Fsp3) is 0.105. The average molecular weight is 399 g/mol. The lowest BCUT2D eigenvalue weighted by Crippen LogP contribution is -2.50. The van der Waals surface area contributed by atoms with E-state index < -0.39 is 17.9 Å². The lowest BCUT2D eigenvalue weighted by atomic mass is 10.1. The Morgan fingerprint density at radius 1 is 1.07 bits per heavy atom. The smallest absolute Gasteiger partial charge is 0.283 e. The molecule has 1 atom stereocenters. The monoisotopic (exact) mass is 398 g/mol. The van der Waals surface area contributed by atoms with E-state index in [1.54, 1.807) is 42.5 Å². The van der Waals surface area contributed by atoms with Gasteiger partial charge >= 0.3 is 0 Å². The number of aromatic amines is 1. The van der Waals surface area contributed by atoms with Gasteiger partial charge in [-0.3, -0.25) is 25.5 Å². The standard InChI is InChI=1S/C19H15ClN4O4/c20-12-7-5-11(6-8-12)17-13(9-21-22-17)18(25)23-24-19(26)16-10-27-14-3-1-2-4-15(14)28-16/h1-9,16H,10H2,(H,21,22)(H,23,25)(H,24,26). The zero-order chi connectivity index (χ0) is 19.5. The van der Waals surface area contributed by atoms with E-state index in [0.717, 1.165) is 5.56 Å². The molecule has 1 aromatic heterocycles.